The number of nitrogens with zero attached hydrogens (tertiary/aromatic N) is 2. The Morgan fingerprint density at radius 3 is 2.38 bits per heavy atom. The average Bonchev–Trinajstić information content (AvgIpc) is 2.87. The number of para-hydroxylation sites is 2. The van der Waals surface area contributed by atoms with Gasteiger partial charge >= 0.3 is 0 Å². The third kappa shape index (κ3) is 2.54. The summed E-state index contributed by atoms with van der Waals surface area (Å²) in [6.07, 6.45) is 0. The average molecular weight is 303 g/mol. The van der Waals surface area contributed by atoms with Crippen LogP contribution in [0.25, 0.3) is 11.0 Å². The Morgan fingerprint density at radius 2 is 1.71 bits per heavy atom. The number of alkyl halides is 1. The third-order valence-electron chi connectivity index (χ3n) is 3.72. The fourth-order valence-electron chi connectivity index (χ4n) is 2.64. The van der Waals surface area contributed by atoms with Crippen LogP contribution in [-0.4, -0.2) is 9.55 Å². The van der Waals surface area contributed by atoms with Crippen LogP contribution in [0, 0.1) is 5.82 Å². The number of aromatic nitrogens is 2. The molecule has 2 aromatic carbocycles. The van der Waals surface area contributed by atoms with Crippen LogP contribution < -0.4 is 0 Å². The van der Waals surface area contributed by atoms with Crippen LogP contribution in [0.1, 0.15) is 36.7 Å². The summed E-state index contributed by atoms with van der Waals surface area (Å²) in [5.41, 5.74) is 2.99. The fourth-order valence-corrected chi connectivity index (χ4v) is 2.80. The Bertz CT molecular complexity index is 762. The highest BCUT2D eigenvalue weighted by Crippen LogP contribution is 2.30. The van der Waals surface area contributed by atoms with E-state index in [4.69, 9.17) is 11.6 Å². The summed E-state index contributed by atoms with van der Waals surface area (Å²) >= 11 is 6.29. The normalized spacial score (nSPS) is 14.3. The SMILES string of the molecule is CC(Cl)c1nc2ccccc2n1C(C)c1ccc(F)cc1. The highest BCUT2D eigenvalue weighted by atomic mass is 35.5. The smallest absolute Gasteiger partial charge is 0.128 e. The first kappa shape index (κ1) is 14.1. The molecule has 0 aliphatic carbocycles. The quantitative estimate of drug-likeness (QED) is 0.617. The van der Waals surface area contributed by atoms with Gasteiger partial charge in [-0.3, -0.25) is 0 Å². The molecule has 0 aliphatic rings. The molecule has 3 rings (SSSR count). The van der Waals surface area contributed by atoms with Crippen molar-refractivity contribution in [2.24, 2.45) is 0 Å². The minimum absolute atomic E-state index is 0.0363. The highest BCUT2D eigenvalue weighted by Gasteiger charge is 2.19. The molecular formula is C17H16ClFN2. The maximum Gasteiger partial charge on any atom is 0.128 e. The number of hydrogen-bond acceptors (Lipinski definition) is 1. The Hall–Kier alpha value is -1.87. The van der Waals surface area contributed by atoms with Crippen LogP contribution in [-0.2, 0) is 0 Å². The number of rotatable bonds is 3. The molecule has 108 valence electrons. The van der Waals surface area contributed by atoms with Gasteiger partial charge in [0, 0.05) is 0 Å². The molecule has 21 heavy (non-hydrogen) atoms. The Kier molecular flexibility index (Phi) is 3.68. The van der Waals surface area contributed by atoms with Crippen molar-refractivity contribution in [3.8, 4) is 0 Å². The van der Waals surface area contributed by atoms with Crippen molar-refractivity contribution in [3.05, 3.63) is 65.7 Å². The predicted molar refractivity (Wildman–Crippen MR) is 84.2 cm³/mol. The molecule has 4 heteroatoms. The Balaban J connectivity index is 2.17. The minimum Gasteiger partial charge on any atom is -0.319 e. The molecule has 0 saturated heterocycles. The lowest BCUT2D eigenvalue weighted by Crippen LogP contribution is -2.11. The van der Waals surface area contributed by atoms with Gasteiger partial charge in [0.1, 0.15) is 11.6 Å². The lowest BCUT2D eigenvalue weighted by Gasteiger charge is -2.19. The van der Waals surface area contributed by atoms with Crippen LogP contribution in [0.4, 0.5) is 4.39 Å². The molecule has 0 N–H and O–H groups in total. The third-order valence-corrected chi connectivity index (χ3v) is 3.91. The summed E-state index contributed by atoms with van der Waals surface area (Å²) in [5.74, 6) is 0.599. The standard InChI is InChI=1S/C17H16ClFN2/c1-11(18)17-20-15-5-3-4-6-16(15)21(17)12(2)13-7-9-14(19)10-8-13/h3-12H,1-2H3. The fraction of sp³-hybridized carbons (Fsp3) is 0.235. The summed E-state index contributed by atoms with van der Waals surface area (Å²) < 4.78 is 15.2. The van der Waals surface area contributed by atoms with Gasteiger partial charge in [-0.05, 0) is 43.7 Å². The van der Waals surface area contributed by atoms with E-state index in [0.717, 1.165) is 22.4 Å². The monoisotopic (exact) mass is 302 g/mol. The molecule has 2 unspecified atom stereocenters. The van der Waals surface area contributed by atoms with Crippen molar-refractivity contribution in [1.29, 1.82) is 0 Å². The predicted octanol–water partition coefficient (Wildman–Crippen LogP) is 5.08. The van der Waals surface area contributed by atoms with E-state index in [0.29, 0.717) is 0 Å². The molecule has 0 aliphatic heterocycles. The van der Waals surface area contributed by atoms with Crippen molar-refractivity contribution >= 4 is 22.6 Å². The highest BCUT2D eigenvalue weighted by molar-refractivity contribution is 6.20. The lowest BCUT2D eigenvalue weighted by molar-refractivity contribution is 0.607. The van der Waals surface area contributed by atoms with Crippen molar-refractivity contribution in [1.82, 2.24) is 9.55 Å². The van der Waals surface area contributed by atoms with Crippen LogP contribution in [0.5, 0.6) is 0 Å². The van der Waals surface area contributed by atoms with E-state index in [-0.39, 0.29) is 17.2 Å². The van der Waals surface area contributed by atoms with Gasteiger partial charge in [0.05, 0.1) is 22.5 Å². The number of benzene rings is 2. The van der Waals surface area contributed by atoms with Gasteiger partial charge in [0.2, 0.25) is 0 Å². The van der Waals surface area contributed by atoms with Crippen molar-refractivity contribution in [2.75, 3.05) is 0 Å². The molecular weight excluding hydrogens is 287 g/mol. The Labute approximate surface area is 128 Å². The summed E-state index contributed by atoms with van der Waals surface area (Å²) in [6, 6.07) is 14.6. The number of halogens is 2. The van der Waals surface area contributed by atoms with Gasteiger partial charge < -0.3 is 4.57 Å². The number of fused-ring (bicyclic) bond motifs is 1. The van der Waals surface area contributed by atoms with Crippen LogP contribution in [0.2, 0.25) is 0 Å². The van der Waals surface area contributed by atoms with Crippen LogP contribution in [0.3, 0.4) is 0 Å². The molecule has 0 radical (unpaired) electrons. The maximum absolute atomic E-state index is 13.1. The second kappa shape index (κ2) is 5.49. The van der Waals surface area contributed by atoms with E-state index in [1.807, 2.05) is 31.2 Å². The molecule has 2 atom stereocenters. The van der Waals surface area contributed by atoms with Gasteiger partial charge in [-0.15, -0.1) is 11.6 Å². The van der Waals surface area contributed by atoms with Crippen molar-refractivity contribution < 1.29 is 4.39 Å². The molecule has 2 nitrogen and oxygen atoms in total. The van der Waals surface area contributed by atoms with Crippen LogP contribution >= 0.6 is 11.6 Å². The zero-order valence-corrected chi connectivity index (χ0v) is 12.7. The molecule has 1 aromatic heterocycles. The van der Waals surface area contributed by atoms with E-state index in [9.17, 15) is 4.39 Å². The molecule has 0 bridgehead atoms. The van der Waals surface area contributed by atoms with E-state index < -0.39 is 0 Å². The number of hydrogen-bond donors (Lipinski definition) is 0. The van der Waals surface area contributed by atoms with E-state index in [2.05, 4.69) is 16.5 Å². The van der Waals surface area contributed by atoms with Gasteiger partial charge in [-0.1, -0.05) is 24.3 Å². The van der Waals surface area contributed by atoms with Gasteiger partial charge in [-0.2, -0.15) is 0 Å². The van der Waals surface area contributed by atoms with E-state index >= 15 is 0 Å². The van der Waals surface area contributed by atoms with Gasteiger partial charge in [0.25, 0.3) is 0 Å². The van der Waals surface area contributed by atoms with Gasteiger partial charge in [-0.25, -0.2) is 9.37 Å². The largest absolute Gasteiger partial charge is 0.319 e. The van der Waals surface area contributed by atoms with Crippen LogP contribution in [0.15, 0.2) is 48.5 Å². The minimum atomic E-state index is -0.229. The molecule has 0 amide bonds. The second-order valence-electron chi connectivity index (χ2n) is 5.17. The first-order chi connectivity index (χ1) is 10.1. The van der Waals surface area contributed by atoms with Gasteiger partial charge in [0.15, 0.2) is 0 Å². The van der Waals surface area contributed by atoms with E-state index in [1.165, 1.54) is 12.1 Å². The first-order valence-corrected chi connectivity index (χ1v) is 7.38. The second-order valence-corrected chi connectivity index (χ2v) is 5.83. The summed E-state index contributed by atoms with van der Waals surface area (Å²) in [6.45, 7) is 3.99. The first-order valence-electron chi connectivity index (χ1n) is 6.94. The zero-order valence-electron chi connectivity index (χ0n) is 11.9. The molecule has 0 fully saturated rings. The summed E-state index contributed by atoms with van der Waals surface area (Å²) in [4.78, 5) is 4.63. The van der Waals surface area contributed by atoms with E-state index in [1.54, 1.807) is 12.1 Å². The lowest BCUT2D eigenvalue weighted by atomic mass is 10.1. The van der Waals surface area contributed by atoms with Crippen molar-refractivity contribution in [3.63, 3.8) is 0 Å². The molecule has 0 spiro atoms. The summed E-state index contributed by atoms with van der Waals surface area (Å²) in [5, 5.41) is -0.194. The molecule has 0 saturated carbocycles. The van der Waals surface area contributed by atoms with Crippen molar-refractivity contribution in [2.45, 2.75) is 25.3 Å². The molecule has 3 aromatic rings. The zero-order chi connectivity index (χ0) is 15.0. The number of imidazole rings is 1. The Morgan fingerprint density at radius 1 is 1.05 bits per heavy atom. The maximum atomic E-state index is 13.1. The summed E-state index contributed by atoms with van der Waals surface area (Å²) in [7, 11) is 0. The molecule has 1 heterocycles. The topological polar surface area (TPSA) is 17.8 Å².